The SMILES string of the molecule is C=NC/C(C)=C/C(=O)N(C)F. The fraction of sp³-hybridized carbons (Fsp3) is 0.429. The molecule has 0 aliphatic heterocycles. The smallest absolute Gasteiger partial charge is 0.273 e. The van der Waals surface area contributed by atoms with Crippen molar-refractivity contribution in [2.45, 2.75) is 6.92 Å². The second kappa shape index (κ2) is 4.60. The van der Waals surface area contributed by atoms with Crippen molar-refractivity contribution in [2.24, 2.45) is 4.99 Å². The Morgan fingerprint density at radius 1 is 1.82 bits per heavy atom. The molecule has 62 valence electrons. The quantitative estimate of drug-likeness (QED) is 0.342. The summed E-state index contributed by atoms with van der Waals surface area (Å²) in [4.78, 5) is 14.2. The predicted octanol–water partition coefficient (Wildman–Crippen LogP) is 0.976. The number of nitrogens with zero attached hydrogens (tertiary/aromatic N) is 2. The van der Waals surface area contributed by atoms with Crippen LogP contribution in [0.4, 0.5) is 4.48 Å². The number of hydrogen-bond donors (Lipinski definition) is 0. The first-order valence-electron chi connectivity index (χ1n) is 3.11. The largest absolute Gasteiger partial charge is 0.297 e. The summed E-state index contributed by atoms with van der Waals surface area (Å²) in [5.41, 5.74) is 0.689. The fourth-order valence-corrected chi connectivity index (χ4v) is 0.522. The van der Waals surface area contributed by atoms with E-state index in [1.807, 2.05) is 0 Å². The summed E-state index contributed by atoms with van der Waals surface area (Å²) in [7, 11) is 1.05. The summed E-state index contributed by atoms with van der Waals surface area (Å²) in [6, 6.07) is 0. The average Bonchev–Trinajstić information content (AvgIpc) is 1.87. The summed E-state index contributed by atoms with van der Waals surface area (Å²) < 4.78 is 12.1. The lowest BCUT2D eigenvalue weighted by molar-refractivity contribution is -0.137. The number of halogens is 1. The van der Waals surface area contributed by atoms with Crippen LogP contribution in [-0.4, -0.2) is 31.3 Å². The minimum absolute atomic E-state index is 0.0204. The Labute approximate surface area is 65.2 Å². The van der Waals surface area contributed by atoms with E-state index in [0.717, 1.165) is 7.05 Å². The van der Waals surface area contributed by atoms with E-state index in [0.29, 0.717) is 12.1 Å². The molecule has 0 heterocycles. The van der Waals surface area contributed by atoms with Gasteiger partial charge in [0.25, 0.3) is 5.91 Å². The van der Waals surface area contributed by atoms with Crippen LogP contribution in [0.1, 0.15) is 6.92 Å². The van der Waals surface area contributed by atoms with Crippen molar-refractivity contribution in [1.82, 2.24) is 5.12 Å². The van der Waals surface area contributed by atoms with Crippen LogP contribution < -0.4 is 0 Å². The van der Waals surface area contributed by atoms with Gasteiger partial charge in [0.2, 0.25) is 0 Å². The van der Waals surface area contributed by atoms with Crippen LogP contribution in [0, 0.1) is 0 Å². The maximum atomic E-state index is 12.1. The number of carbonyl (C=O) groups is 1. The topological polar surface area (TPSA) is 32.7 Å². The van der Waals surface area contributed by atoms with E-state index in [-0.39, 0.29) is 5.12 Å². The number of aliphatic imine (C=N–C) groups is 1. The van der Waals surface area contributed by atoms with Crippen molar-refractivity contribution in [3.63, 3.8) is 0 Å². The summed E-state index contributed by atoms with van der Waals surface area (Å²) in [5, 5.41) is 0.0204. The van der Waals surface area contributed by atoms with E-state index >= 15 is 0 Å². The van der Waals surface area contributed by atoms with Gasteiger partial charge in [0.15, 0.2) is 0 Å². The molecule has 0 aromatic heterocycles. The molecule has 0 aliphatic carbocycles. The lowest BCUT2D eigenvalue weighted by Crippen LogP contribution is -2.14. The Hall–Kier alpha value is -1.19. The molecule has 0 N–H and O–H groups in total. The Morgan fingerprint density at radius 3 is 2.73 bits per heavy atom. The Morgan fingerprint density at radius 2 is 2.36 bits per heavy atom. The first-order valence-corrected chi connectivity index (χ1v) is 3.11. The third kappa shape index (κ3) is 4.25. The number of likely N-dealkylation sites (N-methyl/N-ethyl adjacent to an activating group) is 1. The number of rotatable bonds is 3. The monoisotopic (exact) mass is 158 g/mol. The molecule has 0 saturated carbocycles. The van der Waals surface area contributed by atoms with Crippen LogP contribution >= 0.6 is 0 Å². The van der Waals surface area contributed by atoms with Crippen molar-refractivity contribution >= 4 is 12.6 Å². The summed E-state index contributed by atoms with van der Waals surface area (Å²) in [6.07, 6.45) is 1.19. The van der Waals surface area contributed by atoms with Crippen LogP contribution in [-0.2, 0) is 4.79 Å². The Bertz CT molecular complexity index is 187. The van der Waals surface area contributed by atoms with Crippen molar-refractivity contribution < 1.29 is 9.28 Å². The van der Waals surface area contributed by atoms with E-state index in [9.17, 15) is 9.28 Å². The van der Waals surface area contributed by atoms with Gasteiger partial charge in [-0.2, -0.15) is 5.12 Å². The van der Waals surface area contributed by atoms with Crippen molar-refractivity contribution in [3.8, 4) is 0 Å². The first-order chi connectivity index (χ1) is 5.07. The lowest BCUT2D eigenvalue weighted by Gasteiger charge is -2.00. The molecule has 0 saturated heterocycles. The minimum Gasteiger partial charge on any atom is -0.297 e. The minimum atomic E-state index is -0.675. The molecule has 0 unspecified atom stereocenters. The van der Waals surface area contributed by atoms with Gasteiger partial charge in [-0.3, -0.25) is 9.79 Å². The highest BCUT2D eigenvalue weighted by atomic mass is 19.2. The van der Waals surface area contributed by atoms with Crippen molar-refractivity contribution in [1.29, 1.82) is 0 Å². The highest BCUT2D eigenvalue weighted by Gasteiger charge is 2.02. The van der Waals surface area contributed by atoms with Crippen LogP contribution in [0.3, 0.4) is 0 Å². The van der Waals surface area contributed by atoms with Crippen LogP contribution in [0.15, 0.2) is 16.6 Å². The van der Waals surface area contributed by atoms with Gasteiger partial charge in [-0.05, 0) is 19.2 Å². The van der Waals surface area contributed by atoms with Crippen molar-refractivity contribution in [3.05, 3.63) is 11.6 Å². The van der Waals surface area contributed by atoms with Gasteiger partial charge >= 0.3 is 0 Å². The summed E-state index contributed by atoms with van der Waals surface area (Å²) in [6.45, 7) is 5.29. The zero-order valence-corrected chi connectivity index (χ0v) is 6.67. The van der Waals surface area contributed by atoms with Gasteiger partial charge in [0.1, 0.15) is 0 Å². The molecule has 0 rings (SSSR count). The third-order valence-electron chi connectivity index (χ3n) is 1.03. The van der Waals surface area contributed by atoms with Crippen LogP contribution in [0.2, 0.25) is 0 Å². The molecule has 0 atom stereocenters. The molecular formula is C7H11FN2O. The second-order valence-electron chi connectivity index (χ2n) is 2.19. The molecular weight excluding hydrogens is 147 g/mol. The molecule has 0 spiro atoms. The van der Waals surface area contributed by atoms with Gasteiger partial charge in [-0.25, -0.2) is 0 Å². The summed E-state index contributed by atoms with van der Waals surface area (Å²) in [5.74, 6) is -0.675. The summed E-state index contributed by atoms with van der Waals surface area (Å²) >= 11 is 0. The molecule has 0 aromatic carbocycles. The van der Waals surface area contributed by atoms with E-state index < -0.39 is 5.91 Å². The molecule has 4 heteroatoms. The highest BCUT2D eigenvalue weighted by Crippen LogP contribution is 1.95. The van der Waals surface area contributed by atoms with Gasteiger partial charge in [0, 0.05) is 13.1 Å². The van der Waals surface area contributed by atoms with Crippen molar-refractivity contribution in [2.75, 3.05) is 13.6 Å². The van der Waals surface area contributed by atoms with Gasteiger partial charge in [-0.1, -0.05) is 4.48 Å². The molecule has 0 radical (unpaired) electrons. The van der Waals surface area contributed by atoms with E-state index in [2.05, 4.69) is 11.7 Å². The molecule has 0 bridgehead atoms. The second-order valence-corrected chi connectivity index (χ2v) is 2.19. The lowest BCUT2D eigenvalue weighted by atomic mass is 10.3. The fourth-order valence-electron chi connectivity index (χ4n) is 0.522. The highest BCUT2D eigenvalue weighted by molar-refractivity contribution is 5.87. The molecule has 0 aliphatic rings. The normalized spacial score (nSPS) is 11.0. The Balaban J connectivity index is 4.07. The van der Waals surface area contributed by atoms with Crippen LogP contribution in [0.5, 0.6) is 0 Å². The molecule has 11 heavy (non-hydrogen) atoms. The zero-order valence-electron chi connectivity index (χ0n) is 6.67. The molecule has 0 aromatic rings. The molecule has 3 nitrogen and oxygen atoms in total. The zero-order chi connectivity index (χ0) is 8.85. The maximum absolute atomic E-state index is 12.1. The predicted molar refractivity (Wildman–Crippen MR) is 42.1 cm³/mol. The van der Waals surface area contributed by atoms with E-state index in [4.69, 9.17) is 0 Å². The van der Waals surface area contributed by atoms with Gasteiger partial charge in [0.05, 0.1) is 6.54 Å². The number of amides is 1. The van der Waals surface area contributed by atoms with E-state index in [1.165, 1.54) is 6.08 Å². The van der Waals surface area contributed by atoms with Crippen LogP contribution in [0.25, 0.3) is 0 Å². The average molecular weight is 158 g/mol. The molecule has 1 amide bonds. The standard InChI is InChI=1S/C7H11FN2O/c1-6(5-9-2)4-7(11)10(3)8/h4H,2,5H2,1,3H3/b6-4+. The number of carbonyl (C=O) groups excluding carboxylic acids is 1. The van der Waals surface area contributed by atoms with Gasteiger partial charge < -0.3 is 0 Å². The maximum Gasteiger partial charge on any atom is 0.273 e. The third-order valence-corrected chi connectivity index (χ3v) is 1.03. The van der Waals surface area contributed by atoms with Gasteiger partial charge in [-0.15, -0.1) is 0 Å². The Kier molecular flexibility index (Phi) is 4.10. The first kappa shape index (κ1) is 9.81. The number of hydrogen-bond acceptors (Lipinski definition) is 2. The molecule has 0 fully saturated rings. The van der Waals surface area contributed by atoms with E-state index in [1.54, 1.807) is 6.92 Å².